The molecule has 0 bridgehead atoms. The van der Waals surface area contributed by atoms with Crippen LogP contribution in [0.3, 0.4) is 0 Å². The van der Waals surface area contributed by atoms with E-state index in [9.17, 15) is 4.79 Å². The maximum atomic E-state index is 12.4. The number of hydrogen-bond acceptors (Lipinski definition) is 4. The van der Waals surface area contributed by atoms with Crippen LogP contribution in [0.4, 0.5) is 0 Å². The van der Waals surface area contributed by atoms with E-state index < -0.39 is 0 Å². The third-order valence-electron chi connectivity index (χ3n) is 4.48. The van der Waals surface area contributed by atoms with Gasteiger partial charge in [0.1, 0.15) is 6.04 Å². The van der Waals surface area contributed by atoms with Crippen molar-refractivity contribution in [2.24, 2.45) is 0 Å². The van der Waals surface area contributed by atoms with E-state index in [-0.39, 0.29) is 30.5 Å². The number of halogens is 1. The van der Waals surface area contributed by atoms with Gasteiger partial charge in [0.25, 0.3) is 0 Å². The molecule has 7 heteroatoms. The summed E-state index contributed by atoms with van der Waals surface area (Å²) in [6.07, 6.45) is -0.118. The van der Waals surface area contributed by atoms with E-state index in [0.29, 0.717) is 19.7 Å². The van der Waals surface area contributed by atoms with E-state index in [1.54, 1.807) is 0 Å². The zero-order valence-electron chi connectivity index (χ0n) is 14.8. The first-order chi connectivity index (χ1) is 11.6. The summed E-state index contributed by atoms with van der Waals surface area (Å²) in [6.45, 7) is 7.73. The number of hydrogen-bond donors (Lipinski definition) is 2. The van der Waals surface area contributed by atoms with E-state index in [4.69, 9.17) is 4.74 Å². The fourth-order valence-corrected chi connectivity index (χ4v) is 3.06. The first-order valence-electron chi connectivity index (χ1n) is 8.31. The van der Waals surface area contributed by atoms with Crippen molar-refractivity contribution in [3.05, 3.63) is 47.3 Å². The van der Waals surface area contributed by atoms with Crippen LogP contribution in [0.2, 0.25) is 0 Å². The fourth-order valence-electron chi connectivity index (χ4n) is 3.06. The highest BCUT2D eigenvalue weighted by atomic mass is 35.5. The molecule has 25 heavy (non-hydrogen) atoms. The molecule has 1 amide bonds. The van der Waals surface area contributed by atoms with Gasteiger partial charge in [-0.2, -0.15) is 5.10 Å². The maximum absolute atomic E-state index is 12.4. The molecule has 0 saturated carbocycles. The largest absolute Gasteiger partial charge is 0.375 e. The minimum absolute atomic E-state index is 0. The molecule has 2 atom stereocenters. The SMILES string of the molecule is Cc1nn(-c2ccccc2)c(C)c1CNC(=O)[C@H]1NCCO[C@@H]1C.Cl. The lowest BCUT2D eigenvalue weighted by atomic mass is 10.1. The van der Waals surface area contributed by atoms with Crippen molar-refractivity contribution >= 4 is 18.3 Å². The van der Waals surface area contributed by atoms with Crippen molar-refractivity contribution in [2.45, 2.75) is 39.5 Å². The monoisotopic (exact) mass is 364 g/mol. The Labute approximate surface area is 154 Å². The lowest BCUT2D eigenvalue weighted by Crippen LogP contribution is -2.55. The number of ether oxygens (including phenoxy) is 1. The number of aryl methyl sites for hydroxylation is 1. The van der Waals surface area contributed by atoms with Gasteiger partial charge in [-0.15, -0.1) is 12.4 Å². The summed E-state index contributed by atoms with van der Waals surface area (Å²) < 4.78 is 7.45. The van der Waals surface area contributed by atoms with Crippen LogP contribution in [-0.4, -0.2) is 41.0 Å². The Morgan fingerprint density at radius 1 is 1.36 bits per heavy atom. The van der Waals surface area contributed by atoms with Crippen LogP contribution in [0.5, 0.6) is 0 Å². The number of morpholine rings is 1. The molecule has 2 aromatic rings. The van der Waals surface area contributed by atoms with E-state index in [1.807, 2.05) is 55.8 Å². The van der Waals surface area contributed by atoms with Crippen LogP contribution in [0.1, 0.15) is 23.9 Å². The van der Waals surface area contributed by atoms with Crippen molar-refractivity contribution in [1.82, 2.24) is 20.4 Å². The Morgan fingerprint density at radius 3 is 2.76 bits per heavy atom. The summed E-state index contributed by atoms with van der Waals surface area (Å²) >= 11 is 0. The predicted molar refractivity (Wildman–Crippen MR) is 99.3 cm³/mol. The summed E-state index contributed by atoms with van der Waals surface area (Å²) in [5, 5.41) is 10.8. The number of nitrogens with one attached hydrogen (secondary N) is 2. The van der Waals surface area contributed by atoms with Crippen molar-refractivity contribution in [1.29, 1.82) is 0 Å². The minimum atomic E-state index is -0.302. The number of rotatable bonds is 4. The molecule has 1 fully saturated rings. The number of amides is 1. The summed E-state index contributed by atoms with van der Waals surface area (Å²) in [5.41, 5.74) is 4.04. The molecule has 0 aliphatic carbocycles. The zero-order chi connectivity index (χ0) is 17.1. The number of para-hydroxylation sites is 1. The topological polar surface area (TPSA) is 68.2 Å². The average molecular weight is 365 g/mol. The van der Waals surface area contributed by atoms with Crippen LogP contribution >= 0.6 is 12.4 Å². The second-order valence-electron chi connectivity index (χ2n) is 6.12. The van der Waals surface area contributed by atoms with Crippen LogP contribution < -0.4 is 10.6 Å². The van der Waals surface area contributed by atoms with Crippen LogP contribution in [0.15, 0.2) is 30.3 Å². The fraction of sp³-hybridized carbons (Fsp3) is 0.444. The first-order valence-corrected chi connectivity index (χ1v) is 8.31. The Hall–Kier alpha value is -1.89. The average Bonchev–Trinajstić information content (AvgIpc) is 2.88. The van der Waals surface area contributed by atoms with Gasteiger partial charge in [0.05, 0.1) is 24.1 Å². The predicted octanol–water partition coefficient (Wildman–Crippen LogP) is 1.90. The van der Waals surface area contributed by atoms with Crippen LogP contribution in [0.25, 0.3) is 5.69 Å². The Kier molecular flexibility index (Phi) is 6.58. The van der Waals surface area contributed by atoms with E-state index in [2.05, 4.69) is 15.7 Å². The molecule has 1 aliphatic rings. The Balaban J connectivity index is 0.00000225. The molecule has 1 aromatic carbocycles. The summed E-state index contributed by atoms with van der Waals surface area (Å²) in [5.74, 6) is -0.0338. The Bertz CT molecular complexity index is 717. The van der Waals surface area contributed by atoms with Gasteiger partial charge in [0.2, 0.25) is 5.91 Å². The molecule has 3 rings (SSSR count). The highest BCUT2D eigenvalue weighted by Crippen LogP contribution is 2.17. The number of carbonyl (C=O) groups excluding carboxylic acids is 1. The molecule has 0 spiro atoms. The highest BCUT2D eigenvalue weighted by Gasteiger charge is 2.28. The molecule has 1 aliphatic heterocycles. The third kappa shape index (κ3) is 4.21. The quantitative estimate of drug-likeness (QED) is 0.869. The molecule has 136 valence electrons. The van der Waals surface area contributed by atoms with Gasteiger partial charge in [-0.3, -0.25) is 4.79 Å². The Morgan fingerprint density at radius 2 is 2.08 bits per heavy atom. The molecule has 2 heterocycles. The normalized spacial score (nSPS) is 20.0. The van der Waals surface area contributed by atoms with Crippen molar-refractivity contribution in [2.75, 3.05) is 13.2 Å². The first kappa shape index (κ1) is 19.4. The third-order valence-corrected chi connectivity index (χ3v) is 4.48. The number of aromatic nitrogens is 2. The molecule has 6 nitrogen and oxygen atoms in total. The van der Waals surface area contributed by atoms with E-state index >= 15 is 0 Å². The maximum Gasteiger partial charge on any atom is 0.240 e. The zero-order valence-corrected chi connectivity index (χ0v) is 15.6. The molecule has 1 aromatic heterocycles. The van der Waals surface area contributed by atoms with Crippen molar-refractivity contribution in [3.63, 3.8) is 0 Å². The lowest BCUT2D eigenvalue weighted by Gasteiger charge is -2.29. The van der Waals surface area contributed by atoms with Gasteiger partial charge >= 0.3 is 0 Å². The molecular formula is C18H25ClN4O2. The number of carbonyl (C=O) groups is 1. The lowest BCUT2D eigenvalue weighted by molar-refractivity contribution is -0.129. The molecule has 1 saturated heterocycles. The second kappa shape index (κ2) is 8.47. The summed E-state index contributed by atoms with van der Waals surface area (Å²) in [6, 6.07) is 9.70. The second-order valence-corrected chi connectivity index (χ2v) is 6.12. The van der Waals surface area contributed by atoms with Gasteiger partial charge in [0.15, 0.2) is 0 Å². The van der Waals surface area contributed by atoms with Gasteiger partial charge in [-0.1, -0.05) is 18.2 Å². The van der Waals surface area contributed by atoms with Gasteiger partial charge in [0, 0.05) is 24.3 Å². The number of nitrogens with zero attached hydrogens (tertiary/aromatic N) is 2. The minimum Gasteiger partial charge on any atom is -0.375 e. The van der Waals surface area contributed by atoms with Gasteiger partial charge in [-0.25, -0.2) is 4.68 Å². The summed E-state index contributed by atoms with van der Waals surface area (Å²) in [7, 11) is 0. The van der Waals surface area contributed by atoms with E-state index in [0.717, 1.165) is 22.6 Å². The van der Waals surface area contributed by atoms with Gasteiger partial charge < -0.3 is 15.4 Å². The summed E-state index contributed by atoms with van der Waals surface area (Å²) in [4.78, 5) is 12.4. The molecule has 0 radical (unpaired) electrons. The van der Waals surface area contributed by atoms with E-state index in [1.165, 1.54) is 0 Å². The van der Waals surface area contributed by atoms with Crippen LogP contribution in [-0.2, 0) is 16.1 Å². The smallest absolute Gasteiger partial charge is 0.240 e. The highest BCUT2D eigenvalue weighted by molar-refractivity contribution is 5.85. The molecule has 0 unspecified atom stereocenters. The van der Waals surface area contributed by atoms with Crippen LogP contribution in [0, 0.1) is 13.8 Å². The number of benzene rings is 1. The molecule has 2 N–H and O–H groups in total. The molecular weight excluding hydrogens is 340 g/mol. The van der Waals surface area contributed by atoms with Gasteiger partial charge in [-0.05, 0) is 32.9 Å². The van der Waals surface area contributed by atoms with Crippen molar-refractivity contribution in [3.8, 4) is 5.69 Å². The standard InChI is InChI=1S/C18H24N4O2.ClH/c1-12-16(11-20-18(23)17-14(3)24-10-9-19-17)13(2)22(21-12)15-7-5-4-6-8-15;/h4-8,14,17,19H,9-11H2,1-3H3,(H,20,23);1H/t14-,17+;/m1./s1. The van der Waals surface area contributed by atoms with Crippen molar-refractivity contribution < 1.29 is 9.53 Å².